The van der Waals surface area contributed by atoms with E-state index in [2.05, 4.69) is 5.10 Å². The molecule has 0 saturated carbocycles. The second kappa shape index (κ2) is 3.87. The minimum Gasteiger partial charge on any atom is -0.387 e. The van der Waals surface area contributed by atoms with E-state index in [-0.39, 0.29) is 0 Å². The Morgan fingerprint density at radius 2 is 1.93 bits per heavy atom. The Morgan fingerprint density at radius 1 is 1.27 bits per heavy atom. The molecule has 0 unspecified atom stereocenters. The van der Waals surface area contributed by atoms with Crippen molar-refractivity contribution in [1.29, 1.82) is 0 Å². The first-order chi connectivity index (χ1) is 7.18. The maximum Gasteiger partial charge on any atom is 0.0928 e. The van der Waals surface area contributed by atoms with Crippen LogP contribution in [-0.4, -0.2) is 14.9 Å². The summed E-state index contributed by atoms with van der Waals surface area (Å²) < 4.78 is 1.72. The van der Waals surface area contributed by atoms with E-state index in [1.54, 1.807) is 11.6 Å². The number of aliphatic hydroxyl groups is 1. The number of rotatable bonds is 2. The van der Waals surface area contributed by atoms with Crippen molar-refractivity contribution >= 4 is 0 Å². The van der Waals surface area contributed by atoms with Gasteiger partial charge < -0.3 is 5.11 Å². The van der Waals surface area contributed by atoms with Crippen LogP contribution in [-0.2, 0) is 7.05 Å². The first kappa shape index (κ1) is 9.93. The molecule has 0 aliphatic rings. The summed E-state index contributed by atoms with van der Waals surface area (Å²) in [4.78, 5) is 0. The Kier molecular flexibility index (Phi) is 2.56. The van der Waals surface area contributed by atoms with E-state index in [0.29, 0.717) is 0 Å². The van der Waals surface area contributed by atoms with E-state index in [1.807, 2.05) is 43.4 Å². The van der Waals surface area contributed by atoms with Crippen LogP contribution in [0.1, 0.15) is 18.7 Å². The van der Waals surface area contributed by atoms with Gasteiger partial charge in [-0.25, -0.2) is 0 Å². The van der Waals surface area contributed by atoms with Crippen LogP contribution < -0.4 is 0 Å². The zero-order valence-corrected chi connectivity index (χ0v) is 8.88. The molecular weight excluding hydrogens is 188 g/mol. The molecule has 0 bridgehead atoms. The topological polar surface area (TPSA) is 38.1 Å². The molecule has 2 aromatic rings. The van der Waals surface area contributed by atoms with Crippen molar-refractivity contribution in [1.82, 2.24) is 9.78 Å². The molecule has 0 spiro atoms. The smallest absolute Gasteiger partial charge is 0.0928 e. The van der Waals surface area contributed by atoms with Crippen molar-refractivity contribution in [3.8, 4) is 11.3 Å². The Bertz CT molecular complexity index is 446. The van der Waals surface area contributed by atoms with Gasteiger partial charge in [0.05, 0.1) is 17.5 Å². The zero-order chi connectivity index (χ0) is 10.8. The van der Waals surface area contributed by atoms with Crippen molar-refractivity contribution in [3.63, 3.8) is 0 Å². The molecule has 1 heterocycles. The van der Waals surface area contributed by atoms with Gasteiger partial charge in [0.25, 0.3) is 0 Å². The number of aromatic nitrogens is 2. The van der Waals surface area contributed by atoms with Crippen molar-refractivity contribution in [3.05, 3.63) is 42.1 Å². The van der Waals surface area contributed by atoms with Gasteiger partial charge in [-0.05, 0) is 13.0 Å². The third-order valence-corrected chi connectivity index (χ3v) is 2.41. The van der Waals surface area contributed by atoms with Gasteiger partial charge in [-0.15, -0.1) is 0 Å². The average Bonchev–Trinajstić information content (AvgIpc) is 2.62. The average molecular weight is 202 g/mol. The summed E-state index contributed by atoms with van der Waals surface area (Å²) in [6.07, 6.45) is -0.486. The van der Waals surface area contributed by atoms with E-state index >= 15 is 0 Å². The monoisotopic (exact) mass is 202 g/mol. The fourth-order valence-electron chi connectivity index (χ4n) is 1.62. The molecule has 0 amide bonds. The lowest BCUT2D eigenvalue weighted by Gasteiger charge is -2.02. The summed E-state index contributed by atoms with van der Waals surface area (Å²) in [7, 11) is 1.84. The molecule has 0 aliphatic carbocycles. The van der Waals surface area contributed by atoms with Crippen LogP contribution in [0.25, 0.3) is 11.3 Å². The molecule has 1 aromatic heterocycles. The minimum atomic E-state index is -0.486. The van der Waals surface area contributed by atoms with E-state index in [1.165, 1.54) is 0 Å². The maximum absolute atomic E-state index is 9.50. The first-order valence-electron chi connectivity index (χ1n) is 4.96. The molecule has 3 nitrogen and oxygen atoms in total. The van der Waals surface area contributed by atoms with E-state index in [4.69, 9.17) is 0 Å². The molecule has 0 fully saturated rings. The van der Waals surface area contributed by atoms with Gasteiger partial charge in [0, 0.05) is 12.6 Å². The van der Waals surface area contributed by atoms with Crippen LogP contribution in [0.3, 0.4) is 0 Å². The lowest BCUT2D eigenvalue weighted by atomic mass is 10.1. The predicted octanol–water partition coefficient (Wildman–Crippen LogP) is 2.14. The van der Waals surface area contributed by atoms with Crippen LogP contribution in [0.5, 0.6) is 0 Å². The lowest BCUT2D eigenvalue weighted by molar-refractivity contribution is 0.189. The number of aryl methyl sites for hydroxylation is 1. The van der Waals surface area contributed by atoms with Gasteiger partial charge in [-0.1, -0.05) is 30.3 Å². The largest absolute Gasteiger partial charge is 0.387 e. The van der Waals surface area contributed by atoms with Crippen LogP contribution in [0.2, 0.25) is 0 Å². The quantitative estimate of drug-likeness (QED) is 0.810. The molecule has 1 aromatic carbocycles. The zero-order valence-electron chi connectivity index (χ0n) is 8.88. The van der Waals surface area contributed by atoms with Crippen molar-refractivity contribution < 1.29 is 5.11 Å². The second-order valence-electron chi connectivity index (χ2n) is 3.62. The molecule has 15 heavy (non-hydrogen) atoms. The van der Waals surface area contributed by atoms with Crippen molar-refractivity contribution in [2.45, 2.75) is 13.0 Å². The summed E-state index contributed by atoms with van der Waals surface area (Å²) in [6.45, 7) is 1.74. The molecule has 2 rings (SSSR count). The second-order valence-corrected chi connectivity index (χ2v) is 3.62. The van der Waals surface area contributed by atoms with Crippen LogP contribution >= 0.6 is 0 Å². The summed E-state index contributed by atoms with van der Waals surface area (Å²) >= 11 is 0. The van der Waals surface area contributed by atoms with Gasteiger partial charge in [0.1, 0.15) is 0 Å². The molecule has 1 N–H and O–H groups in total. The molecule has 0 saturated heterocycles. The highest BCUT2D eigenvalue weighted by atomic mass is 16.3. The Hall–Kier alpha value is -1.61. The molecule has 0 aliphatic heterocycles. The Labute approximate surface area is 89.0 Å². The summed E-state index contributed by atoms with van der Waals surface area (Å²) in [6, 6.07) is 11.9. The van der Waals surface area contributed by atoms with Gasteiger partial charge in [-0.2, -0.15) is 5.10 Å². The van der Waals surface area contributed by atoms with Crippen molar-refractivity contribution in [2.75, 3.05) is 0 Å². The standard InChI is InChI=1S/C12H14N2O/c1-9(15)12-8-11(13-14(12)2)10-6-4-3-5-7-10/h3-9,15H,1-2H3/t9-/m0/s1. The van der Waals surface area contributed by atoms with E-state index < -0.39 is 6.10 Å². The number of aliphatic hydroxyl groups excluding tert-OH is 1. The fourth-order valence-corrected chi connectivity index (χ4v) is 1.62. The first-order valence-corrected chi connectivity index (χ1v) is 4.96. The highest BCUT2D eigenvalue weighted by molar-refractivity contribution is 5.59. The van der Waals surface area contributed by atoms with Gasteiger partial charge >= 0.3 is 0 Å². The molecular formula is C12H14N2O. The Morgan fingerprint density at radius 3 is 2.47 bits per heavy atom. The third kappa shape index (κ3) is 1.92. The molecule has 78 valence electrons. The Balaban J connectivity index is 2.43. The summed E-state index contributed by atoms with van der Waals surface area (Å²) in [5.41, 5.74) is 2.79. The maximum atomic E-state index is 9.50. The van der Waals surface area contributed by atoms with Crippen molar-refractivity contribution in [2.24, 2.45) is 7.05 Å². The summed E-state index contributed by atoms with van der Waals surface area (Å²) in [5.74, 6) is 0. The fraction of sp³-hybridized carbons (Fsp3) is 0.250. The van der Waals surface area contributed by atoms with Crippen LogP contribution in [0.4, 0.5) is 0 Å². The summed E-state index contributed by atoms with van der Waals surface area (Å²) in [5, 5.41) is 13.9. The number of nitrogens with zero attached hydrogens (tertiary/aromatic N) is 2. The predicted molar refractivity (Wildman–Crippen MR) is 59.3 cm³/mol. The minimum absolute atomic E-state index is 0.486. The molecule has 1 atom stereocenters. The normalized spacial score (nSPS) is 12.7. The van der Waals surface area contributed by atoms with E-state index in [0.717, 1.165) is 17.0 Å². The SMILES string of the molecule is C[C@H](O)c1cc(-c2ccccc2)nn1C. The van der Waals surface area contributed by atoms with Gasteiger partial charge in [-0.3, -0.25) is 4.68 Å². The highest BCUT2D eigenvalue weighted by Gasteiger charge is 2.10. The lowest BCUT2D eigenvalue weighted by Crippen LogP contribution is -2.01. The number of benzene rings is 1. The van der Waals surface area contributed by atoms with Crippen LogP contribution in [0, 0.1) is 0 Å². The number of hydrogen-bond donors (Lipinski definition) is 1. The van der Waals surface area contributed by atoms with Gasteiger partial charge in [0.2, 0.25) is 0 Å². The highest BCUT2D eigenvalue weighted by Crippen LogP contribution is 2.21. The third-order valence-electron chi connectivity index (χ3n) is 2.41. The molecule has 0 radical (unpaired) electrons. The van der Waals surface area contributed by atoms with E-state index in [9.17, 15) is 5.11 Å². The molecule has 3 heteroatoms. The van der Waals surface area contributed by atoms with Gasteiger partial charge in [0.15, 0.2) is 0 Å². The van der Waals surface area contributed by atoms with Crippen LogP contribution in [0.15, 0.2) is 36.4 Å². The number of hydrogen-bond acceptors (Lipinski definition) is 2.